The maximum Gasteiger partial charge on any atom is 0.434 e. The summed E-state index contributed by atoms with van der Waals surface area (Å²) in [5.41, 5.74) is 0. The molecule has 8 nitrogen and oxygen atoms in total. The van der Waals surface area contributed by atoms with Gasteiger partial charge in [-0.2, -0.15) is 0 Å². The van der Waals surface area contributed by atoms with Crippen LogP contribution in [-0.4, -0.2) is 64.5 Å². The van der Waals surface area contributed by atoms with Gasteiger partial charge in [0.05, 0.1) is 19.8 Å². The van der Waals surface area contributed by atoms with Crippen LogP contribution in [-0.2, 0) is 11.3 Å². The molecule has 0 aromatic carbocycles. The summed E-state index contributed by atoms with van der Waals surface area (Å²) in [6.07, 6.45) is 3.08. The fraction of sp³-hybridized carbons (Fsp3) is 0.727. The van der Waals surface area contributed by atoms with Gasteiger partial charge in [0.2, 0.25) is 0 Å². The number of nitrogens with zero attached hydrogens (tertiary/aromatic N) is 4. The van der Waals surface area contributed by atoms with Gasteiger partial charge >= 0.3 is 5.95 Å². The van der Waals surface area contributed by atoms with Crippen LogP contribution in [0.4, 0.5) is 5.95 Å². The summed E-state index contributed by atoms with van der Waals surface area (Å²) >= 11 is 1.58. The molecule has 0 atom stereocenters. The first-order chi connectivity index (χ1) is 9.77. The lowest BCUT2D eigenvalue weighted by atomic mass is 10.4. The molecule has 0 aliphatic carbocycles. The predicted molar refractivity (Wildman–Crippen MR) is 76.6 cm³/mol. The average molecular weight is 301 g/mol. The Hall–Kier alpha value is -1.16. The van der Waals surface area contributed by atoms with Gasteiger partial charge < -0.3 is 14.9 Å². The number of rotatable bonds is 8. The van der Waals surface area contributed by atoms with Gasteiger partial charge in [0.1, 0.15) is 12.4 Å². The van der Waals surface area contributed by atoms with Crippen molar-refractivity contribution in [2.45, 2.75) is 6.54 Å². The molecule has 9 heteroatoms. The Morgan fingerprint density at radius 2 is 2.25 bits per heavy atom. The summed E-state index contributed by atoms with van der Waals surface area (Å²) in [5, 5.41) is 10.7. The Morgan fingerprint density at radius 3 is 3.00 bits per heavy atom. The molecule has 0 amide bonds. The number of hydrogen-bond acceptors (Lipinski definition) is 7. The van der Waals surface area contributed by atoms with Crippen LogP contribution in [0.3, 0.4) is 0 Å². The van der Waals surface area contributed by atoms with Crippen molar-refractivity contribution in [1.29, 1.82) is 0 Å². The number of nitro groups is 1. The molecule has 1 saturated heterocycles. The summed E-state index contributed by atoms with van der Waals surface area (Å²) in [6.45, 7) is 6.10. The van der Waals surface area contributed by atoms with E-state index >= 15 is 0 Å². The van der Waals surface area contributed by atoms with Gasteiger partial charge in [-0.1, -0.05) is 16.9 Å². The lowest BCUT2D eigenvalue weighted by molar-refractivity contribution is -0.396. The number of imidazole rings is 1. The van der Waals surface area contributed by atoms with Crippen LogP contribution in [0.25, 0.3) is 0 Å². The first-order valence-corrected chi connectivity index (χ1v) is 7.56. The minimum atomic E-state index is -0.462. The maximum absolute atomic E-state index is 10.7. The van der Waals surface area contributed by atoms with Crippen molar-refractivity contribution in [3.05, 3.63) is 22.5 Å². The van der Waals surface area contributed by atoms with Crippen LogP contribution in [0.5, 0.6) is 0 Å². The third-order valence-electron chi connectivity index (χ3n) is 3.03. The van der Waals surface area contributed by atoms with Crippen LogP contribution >= 0.6 is 11.9 Å². The molecule has 112 valence electrons. The van der Waals surface area contributed by atoms with E-state index in [1.165, 1.54) is 6.20 Å². The zero-order chi connectivity index (χ0) is 14.2. The monoisotopic (exact) mass is 301 g/mol. The van der Waals surface area contributed by atoms with Crippen molar-refractivity contribution >= 4 is 17.9 Å². The van der Waals surface area contributed by atoms with Crippen LogP contribution in [0.15, 0.2) is 12.4 Å². The zero-order valence-corrected chi connectivity index (χ0v) is 12.0. The highest BCUT2D eigenvalue weighted by atomic mass is 32.2. The lowest BCUT2D eigenvalue weighted by Gasteiger charge is -2.26. The van der Waals surface area contributed by atoms with Gasteiger partial charge in [-0.25, -0.2) is 4.57 Å². The van der Waals surface area contributed by atoms with Gasteiger partial charge in [-0.3, -0.25) is 9.62 Å². The third kappa shape index (κ3) is 4.75. The normalized spacial score (nSPS) is 16.4. The molecule has 0 radical (unpaired) electrons. The molecule has 0 saturated carbocycles. The van der Waals surface area contributed by atoms with Gasteiger partial charge in [-0.15, -0.1) is 0 Å². The SMILES string of the molecule is O=[N+]([O-])c1nccn1CCSNCCN1CCOCC1. The Bertz CT molecular complexity index is 422. The molecule has 1 aromatic heterocycles. The van der Waals surface area contributed by atoms with E-state index in [1.807, 2.05) is 0 Å². The number of nitrogens with one attached hydrogen (secondary N) is 1. The van der Waals surface area contributed by atoms with E-state index in [9.17, 15) is 10.1 Å². The van der Waals surface area contributed by atoms with Crippen LogP contribution < -0.4 is 4.72 Å². The number of morpholine rings is 1. The van der Waals surface area contributed by atoms with Crippen molar-refractivity contribution in [2.24, 2.45) is 0 Å². The topological polar surface area (TPSA) is 85.5 Å². The minimum Gasteiger partial charge on any atom is -0.390 e. The molecule has 1 aromatic rings. The maximum atomic E-state index is 10.7. The van der Waals surface area contributed by atoms with Crippen molar-refractivity contribution < 1.29 is 9.66 Å². The highest BCUT2D eigenvalue weighted by molar-refractivity contribution is 7.97. The molecule has 1 aliphatic rings. The van der Waals surface area contributed by atoms with Crippen molar-refractivity contribution in [1.82, 2.24) is 19.2 Å². The summed E-state index contributed by atoms with van der Waals surface area (Å²) < 4.78 is 10.1. The molecule has 2 rings (SSSR count). The second-order valence-electron chi connectivity index (χ2n) is 4.37. The van der Waals surface area contributed by atoms with Crippen molar-refractivity contribution in [3.63, 3.8) is 0 Å². The standard InChI is InChI=1S/C11H19N5O3S/c17-16(18)11-12-1-4-15(11)7-10-20-13-2-3-14-5-8-19-9-6-14/h1,4,13H,2-3,5-10H2. The Kier molecular flexibility index (Phi) is 6.25. The summed E-state index contributed by atoms with van der Waals surface area (Å²) in [4.78, 5) is 16.3. The van der Waals surface area contributed by atoms with Gasteiger partial charge in [0.25, 0.3) is 0 Å². The van der Waals surface area contributed by atoms with Crippen molar-refractivity contribution in [2.75, 3.05) is 45.1 Å². The molecule has 20 heavy (non-hydrogen) atoms. The number of ether oxygens (including phenoxy) is 1. The fourth-order valence-electron chi connectivity index (χ4n) is 1.96. The molecule has 1 N–H and O–H groups in total. The molecule has 0 unspecified atom stereocenters. The fourth-order valence-corrected chi connectivity index (χ4v) is 2.63. The number of aryl methyl sites for hydroxylation is 1. The van der Waals surface area contributed by atoms with E-state index in [1.54, 1.807) is 22.7 Å². The molecule has 0 bridgehead atoms. The molecular formula is C11H19N5O3S. The number of aromatic nitrogens is 2. The highest BCUT2D eigenvalue weighted by Crippen LogP contribution is 2.08. The predicted octanol–water partition coefficient (Wildman–Crippen LogP) is 0.361. The minimum absolute atomic E-state index is 0.0982. The third-order valence-corrected chi connectivity index (χ3v) is 3.82. The van der Waals surface area contributed by atoms with E-state index in [4.69, 9.17) is 4.74 Å². The smallest absolute Gasteiger partial charge is 0.390 e. The second-order valence-corrected chi connectivity index (χ2v) is 5.36. The molecule has 1 fully saturated rings. The first kappa shape index (κ1) is 15.2. The van der Waals surface area contributed by atoms with Gasteiger partial charge in [0, 0.05) is 31.9 Å². The number of hydrogen-bond donors (Lipinski definition) is 1. The zero-order valence-electron chi connectivity index (χ0n) is 11.2. The summed E-state index contributed by atoms with van der Waals surface area (Å²) in [7, 11) is 0. The van der Waals surface area contributed by atoms with E-state index in [2.05, 4.69) is 14.6 Å². The van der Waals surface area contributed by atoms with E-state index < -0.39 is 4.92 Å². The van der Waals surface area contributed by atoms with E-state index in [-0.39, 0.29) is 5.95 Å². The van der Waals surface area contributed by atoms with Gasteiger partial charge in [-0.05, 0) is 4.92 Å². The van der Waals surface area contributed by atoms with Crippen LogP contribution in [0.1, 0.15) is 0 Å². The first-order valence-electron chi connectivity index (χ1n) is 6.57. The second kappa shape index (κ2) is 8.20. The average Bonchev–Trinajstić information content (AvgIpc) is 2.92. The summed E-state index contributed by atoms with van der Waals surface area (Å²) in [6, 6.07) is 0. The Balaban J connectivity index is 1.55. The van der Waals surface area contributed by atoms with E-state index in [0.717, 1.165) is 45.1 Å². The molecule has 2 heterocycles. The summed E-state index contributed by atoms with van der Waals surface area (Å²) in [5.74, 6) is 0.666. The van der Waals surface area contributed by atoms with Crippen LogP contribution in [0.2, 0.25) is 0 Å². The van der Waals surface area contributed by atoms with Crippen LogP contribution in [0, 0.1) is 10.1 Å². The quantitative estimate of drug-likeness (QED) is 0.321. The Morgan fingerprint density at radius 1 is 1.45 bits per heavy atom. The van der Waals surface area contributed by atoms with Gasteiger partial charge in [0.15, 0.2) is 0 Å². The molecule has 0 spiro atoms. The largest absolute Gasteiger partial charge is 0.434 e. The van der Waals surface area contributed by atoms with E-state index in [0.29, 0.717) is 6.54 Å². The highest BCUT2D eigenvalue weighted by Gasteiger charge is 2.13. The molecular weight excluding hydrogens is 282 g/mol. The lowest BCUT2D eigenvalue weighted by Crippen LogP contribution is -2.39. The van der Waals surface area contributed by atoms with Crippen molar-refractivity contribution in [3.8, 4) is 0 Å². The molecule has 1 aliphatic heterocycles. The Labute approximate surface area is 121 Å².